The van der Waals surface area contributed by atoms with E-state index < -0.39 is 23.9 Å². The lowest BCUT2D eigenvalue weighted by Gasteiger charge is -2.14. The van der Waals surface area contributed by atoms with E-state index in [1.165, 1.54) is 0 Å². The molecule has 0 saturated carbocycles. The predicted molar refractivity (Wildman–Crippen MR) is 72.5 cm³/mol. The standard InChI is InChI=1S/C13H16F3NO2S/c1-9-4-2-3-5-10(9)11(18)6-17-12(19)7-20-8-13(14,15)16/h2-5,11,18H,6-8H2,1H3,(H,17,19). The summed E-state index contributed by atoms with van der Waals surface area (Å²) in [6.45, 7) is 1.82. The maximum Gasteiger partial charge on any atom is 0.397 e. The Hall–Kier alpha value is -1.21. The summed E-state index contributed by atoms with van der Waals surface area (Å²) in [5, 5.41) is 12.3. The normalized spacial score (nSPS) is 13.1. The molecule has 1 atom stereocenters. The highest BCUT2D eigenvalue weighted by atomic mass is 32.2. The first-order chi connectivity index (χ1) is 9.29. The number of hydrogen-bond donors (Lipinski definition) is 2. The molecule has 20 heavy (non-hydrogen) atoms. The van der Waals surface area contributed by atoms with Gasteiger partial charge in [-0.2, -0.15) is 13.2 Å². The number of thioether (sulfide) groups is 1. The second kappa shape index (κ2) is 7.54. The highest BCUT2D eigenvalue weighted by Gasteiger charge is 2.27. The van der Waals surface area contributed by atoms with Gasteiger partial charge >= 0.3 is 6.18 Å². The van der Waals surface area contributed by atoms with E-state index in [0.717, 1.165) is 5.56 Å². The lowest BCUT2D eigenvalue weighted by Crippen LogP contribution is -2.30. The molecule has 0 aliphatic rings. The molecule has 112 valence electrons. The van der Waals surface area contributed by atoms with Crippen LogP contribution in [0, 0.1) is 6.92 Å². The molecule has 0 spiro atoms. The van der Waals surface area contributed by atoms with Crippen LogP contribution in [-0.2, 0) is 4.79 Å². The highest BCUT2D eigenvalue weighted by Crippen LogP contribution is 2.21. The molecule has 0 bridgehead atoms. The molecular formula is C13H16F3NO2S. The summed E-state index contributed by atoms with van der Waals surface area (Å²) < 4.78 is 35.7. The van der Waals surface area contributed by atoms with Crippen LogP contribution in [0.2, 0.25) is 0 Å². The van der Waals surface area contributed by atoms with Crippen molar-refractivity contribution >= 4 is 17.7 Å². The fourth-order valence-electron chi connectivity index (χ4n) is 1.59. The molecule has 1 unspecified atom stereocenters. The van der Waals surface area contributed by atoms with E-state index in [1.54, 1.807) is 12.1 Å². The van der Waals surface area contributed by atoms with Gasteiger partial charge in [0.2, 0.25) is 5.91 Å². The second-order valence-corrected chi connectivity index (χ2v) is 5.27. The smallest absolute Gasteiger partial charge is 0.387 e. The van der Waals surface area contributed by atoms with Crippen LogP contribution in [0.4, 0.5) is 13.2 Å². The van der Waals surface area contributed by atoms with E-state index in [0.29, 0.717) is 17.3 Å². The average Bonchev–Trinajstić information content (AvgIpc) is 2.35. The maximum absolute atomic E-state index is 11.9. The van der Waals surface area contributed by atoms with Gasteiger partial charge in [-0.1, -0.05) is 24.3 Å². The molecule has 1 aromatic carbocycles. The minimum Gasteiger partial charge on any atom is -0.387 e. The van der Waals surface area contributed by atoms with Gasteiger partial charge in [0.25, 0.3) is 0 Å². The lowest BCUT2D eigenvalue weighted by molar-refractivity contribution is -0.119. The Morgan fingerprint density at radius 2 is 2.05 bits per heavy atom. The number of aryl methyl sites for hydroxylation is 1. The first-order valence-electron chi connectivity index (χ1n) is 5.94. The molecule has 0 saturated heterocycles. The molecule has 7 heteroatoms. The zero-order valence-electron chi connectivity index (χ0n) is 10.9. The number of benzene rings is 1. The number of carbonyl (C=O) groups excluding carboxylic acids is 1. The van der Waals surface area contributed by atoms with E-state index in [-0.39, 0.29) is 12.3 Å². The van der Waals surface area contributed by atoms with Crippen LogP contribution in [0.25, 0.3) is 0 Å². The van der Waals surface area contributed by atoms with Gasteiger partial charge in [0, 0.05) is 6.54 Å². The molecule has 1 amide bonds. The van der Waals surface area contributed by atoms with E-state index in [2.05, 4.69) is 5.32 Å². The molecule has 0 aromatic heterocycles. The Bertz CT molecular complexity index is 451. The molecular weight excluding hydrogens is 291 g/mol. The molecule has 3 nitrogen and oxygen atoms in total. The monoisotopic (exact) mass is 307 g/mol. The van der Waals surface area contributed by atoms with Gasteiger partial charge < -0.3 is 10.4 Å². The fraction of sp³-hybridized carbons (Fsp3) is 0.462. The topological polar surface area (TPSA) is 49.3 Å². The van der Waals surface area contributed by atoms with Crippen LogP contribution < -0.4 is 5.32 Å². The van der Waals surface area contributed by atoms with Gasteiger partial charge in [0.15, 0.2) is 0 Å². The quantitative estimate of drug-likeness (QED) is 0.849. The Kier molecular flexibility index (Phi) is 6.35. The predicted octanol–water partition coefficient (Wildman–Crippen LogP) is 2.44. The van der Waals surface area contributed by atoms with Crippen molar-refractivity contribution in [1.82, 2.24) is 5.32 Å². The van der Waals surface area contributed by atoms with Gasteiger partial charge in [0.1, 0.15) is 0 Å². The molecule has 0 fully saturated rings. The zero-order chi connectivity index (χ0) is 15.2. The van der Waals surface area contributed by atoms with Crippen LogP contribution >= 0.6 is 11.8 Å². The summed E-state index contributed by atoms with van der Waals surface area (Å²) >= 11 is 0.500. The number of alkyl halides is 3. The first kappa shape index (κ1) is 16.8. The summed E-state index contributed by atoms with van der Waals surface area (Å²) in [5.41, 5.74) is 1.58. The lowest BCUT2D eigenvalue weighted by atomic mass is 10.0. The average molecular weight is 307 g/mol. The van der Waals surface area contributed by atoms with E-state index in [9.17, 15) is 23.1 Å². The minimum atomic E-state index is -4.27. The number of hydrogen-bond acceptors (Lipinski definition) is 3. The van der Waals surface area contributed by atoms with Crippen molar-refractivity contribution in [2.45, 2.75) is 19.2 Å². The van der Waals surface area contributed by atoms with Gasteiger partial charge in [-0.15, -0.1) is 11.8 Å². The molecule has 0 heterocycles. The number of carbonyl (C=O) groups is 1. The van der Waals surface area contributed by atoms with E-state index in [1.807, 2.05) is 19.1 Å². The summed E-state index contributed by atoms with van der Waals surface area (Å²) in [5.74, 6) is -1.85. The third-order valence-electron chi connectivity index (χ3n) is 2.54. The van der Waals surface area contributed by atoms with Crippen molar-refractivity contribution in [2.24, 2.45) is 0 Å². The minimum absolute atomic E-state index is 0.0176. The maximum atomic E-state index is 11.9. The van der Waals surface area contributed by atoms with Crippen molar-refractivity contribution in [3.8, 4) is 0 Å². The van der Waals surface area contributed by atoms with Crippen LogP contribution in [0.3, 0.4) is 0 Å². The van der Waals surface area contributed by atoms with Gasteiger partial charge in [-0.05, 0) is 18.1 Å². The highest BCUT2D eigenvalue weighted by molar-refractivity contribution is 8.00. The van der Waals surface area contributed by atoms with Crippen molar-refractivity contribution in [2.75, 3.05) is 18.1 Å². The van der Waals surface area contributed by atoms with Crippen molar-refractivity contribution in [3.63, 3.8) is 0 Å². The van der Waals surface area contributed by atoms with E-state index in [4.69, 9.17) is 0 Å². The molecule has 0 aliphatic carbocycles. The third-order valence-corrected chi connectivity index (χ3v) is 3.54. The number of halogens is 3. The van der Waals surface area contributed by atoms with Crippen LogP contribution in [-0.4, -0.2) is 35.2 Å². The van der Waals surface area contributed by atoms with Gasteiger partial charge in [-0.25, -0.2) is 0 Å². The molecule has 0 radical (unpaired) electrons. The van der Waals surface area contributed by atoms with Crippen molar-refractivity contribution in [3.05, 3.63) is 35.4 Å². The van der Waals surface area contributed by atoms with Gasteiger partial charge in [-0.3, -0.25) is 4.79 Å². The molecule has 1 rings (SSSR count). The molecule has 0 aliphatic heterocycles. The Morgan fingerprint density at radius 3 is 2.65 bits per heavy atom. The number of amides is 1. The number of aliphatic hydroxyl groups excluding tert-OH is 1. The Balaban J connectivity index is 2.32. The number of nitrogens with one attached hydrogen (secondary N) is 1. The van der Waals surface area contributed by atoms with Crippen molar-refractivity contribution in [1.29, 1.82) is 0 Å². The summed E-state index contributed by atoms with van der Waals surface area (Å²) in [6.07, 6.45) is -5.14. The summed E-state index contributed by atoms with van der Waals surface area (Å²) in [7, 11) is 0. The van der Waals surface area contributed by atoms with Gasteiger partial charge in [0.05, 0.1) is 17.6 Å². The van der Waals surface area contributed by atoms with E-state index >= 15 is 0 Å². The third kappa shape index (κ3) is 6.29. The molecule has 2 N–H and O–H groups in total. The number of rotatable bonds is 6. The largest absolute Gasteiger partial charge is 0.397 e. The fourth-order valence-corrected chi connectivity index (χ4v) is 2.21. The molecule has 1 aromatic rings. The first-order valence-corrected chi connectivity index (χ1v) is 7.10. The zero-order valence-corrected chi connectivity index (χ0v) is 11.7. The van der Waals surface area contributed by atoms with Crippen LogP contribution in [0.1, 0.15) is 17.2 Å². The Morgan fingerprint density at radius 1 is 1.40 bits per heavy atom. The Labute approximate surface area is 119 Å². The summed E-state index contributed by atoms with van der Waals surface area (Å²) in [4.78, 5) is 11.3. The summed E-state index contributed by atoms with van der Waals surface area (Å²) in [6, 6.07) is 7.18. The second-order valence-electron chi connectivity index (χ2n) is 4.28. The van der Waals surface area contributed by atoms with Crippen molar-refractivity contribution < 1.29 is 23.1 Å². The SMILES string of the molecule is Cc1ccccc1C(O)CNC(=O)CSCC(F)(F)F. The van der Waals surface area contributed by atoms with Crippen LogP contribution in [0.15, 0.2) is 24.3 Å². The number of aliphatic hydroxyl groups is 1. The van der Waals surface area contributed by atoms with Crippen LogP contribution in [0.5, 0.6) is 0 Å².